The van der Waals surface area contributed by atoms with Crippen LogP contribution in [0.5, 0.6) is 0 Å². The zero-order chi connectivity index (χ0) is 21.2. The van der Waals surface area contributed by atoms with Crippen molar-refractivity contribution < 1.29 is 18.3 Å². The third-order valence-electron chi connectivity index (χ3n) is 5.22. The first-order chi connectivity index (χ1) is 13.6. The number of pyridine rings is 1. The summed E-state index contributed by atoms with van der Waals surface area (Å²) in [5.41, 5.74) is -0.261. The molecule has 0 aromatic carbocycles. The number of carbonyl (C=O) groups is 1. The fourth-order valence-corrected chi connectivity index (χ4v) is 4.52. The summed E-state index contributed by atoms with van der Waals surface area (Å²) in [5, 5.41) is 0.296. The summed E-state index contributed by atoms with van der Waals surface area (Å²) >= 11 is 2.06. The Morgan fingerprint density at radius 2 is 1.90 bits per heavy atom. The van der Waals surface area contributed by atoms with Gasteiger partial charge in [-0.25, -0.2) is 18.7 Å². The fourth-order valence-electron chi connectivity index (χ4n) is 3.97. The van der Waals surface area contributed by atoms with E-state index in [1.54, 1.807) is 0 Å². The largest absolute Gasteiger partial charge is 0.460 e. The summed E-state index contributed by atoms with van der Waals surface area (Å²) in [7, 11) is 0. The van der Waals surface area contributed by atoms with E-state index in [0.29, 0.717) is 29.6 Å². The van der Waals surface area contributed by atoms with Crippen LogP contribution < -0.4 is 0 Å². The van der Waals surface area contributed by atoms with Gasteiger partial charge in [-0.2, -0.15) is 0 Å². The Morgan fingerprint density at radius 3 is 2.55 bits per heavy atom. The van der Waals surface area contributed by atoms with E-state index in [1.807, 2.05) is 20.8 Å². The van der Waals surface area contributed by atoms with Crippen LogP contribution in [0.15, 0.2) is 12.4 Å². The summed E-state index contributed by atoms with van der Waals surface area (Å²) in [6.45, 7) is 5.61. The molecule has 0 aliphatic heterocycles. The molecule has 5 nitrogen and oxygen atoms in total. The van der Waals surface area contributed by atoms with Gasteiger partial charge in [-0.15, -0.1) is 0 Å². The number of nitrogens with zero attached hydrogens (tertiary/aromatic N) is 3. The van der Waals surface area contributed by atoms with Gasteiger partial charge in [0, 0.05) is 30.6 Å². The van der Waals surface area contributed by atoms with Crippen molar-refractivity contribution in [2.24, 2.45) is 11.8 Å². The molecule has 0 saturated heterocycles. The lowest BCUT2D eigenvalue weighted by Gasteiger charge is -2.31. The van der Waals surface area contributed by atoms with E-state index in [0.717, 1.165) is 29.3 Å². The molecule has 158 valence electrons. The molecule has 8 heteroatoms. The van der Waals surface area contributed by atoms with E-state index in [4.69, 9.17) is 4.74 Å². The number of hydrogen-bond acceptors (Lipinski definition) is 5. The van der Waals surface area contributed by atoms with Crippen molar-refractivity contribution in [2.75, 3.05) is 0 Å². The highest BCUT2D eigenvalue weighted by molar-refractivity contribution is 14.1. The minimum absolute atomic E-state index is 0.170. The molecule has 3 rings (SSSR count). The molecule has 1 aliphatic carbocycles. The molecule has 0 radical (unpaired) electrons. The Kier molecular flexibility index (Phi) is 7.01. The van der Waals surface area contributed by atoms with Crippen molar-refractivity contribution in [3.05, 3.63) is 27.5 Å². The van der Waals surface area contributed by atoms with Crippen molar-refractivity contribution in [3.63, 3.8) is 0 Å². The van der Waals surface area contributed by atoms with E-state index in [2.05, 4.69) is 37.5 Å². The predicted octanol–water partition coefficient (Wildman–Crippen LogP) is 5.65. The third-order valence-corrected chi connectivity index (χ3v) is 6.01. The van der Waals surface area contributed by atoms with Crippen LogP contribution in [0.4, 0.5) is 8.78 Å². The normalized spacial score (nSPS) is 20.2. The summed E-state index contributed by atoms with van der Waals surface area (Å²) in [6.07, 6.45) is 5.44. The number of carbonyl (C=O) groups excluding carboxylic acids is 1. The van der Waals surface area contributed by atoms with E-state index in [-0.39, 0.29) is 23.5 Å². The number of alkyl halides is 2. The lowest BCUT2D eigenvalue weighted by Crippen LogP contribution is -2.29. The molecule has 0 bridgehead atoms. The number of fused-ring (bicyclic) bond motifs is 1. The average molecular weight is 517 g/mol. The summed E-state index contributed by atoms with van der Waals surface area (Å²) < 4.78 is 32.7. The Hall–Kier alpha value is -1.45. The maximum Gasteiger partial charge on any atom is 0.306 e. The zero-order valence-electron chi connectivity index (χ0n) is 16.9. The topological polar surface area (TPSA) is 65.0 Å². The van der Waals surface area contributed by atoms with E-state index in [9.17, 15) is 13.6 Å². The molecule has 0 spiro atoms. The van der Waals surface area contributed by atoms with Gasteiger partial charge in [-0.3, -0.25) is 9.78 Å². The van der Waals surface area contributed by atoms with Crippen LogP contribution in [0.1, 0.15) is 70.8 Å². The van der Waals surface area contributed by atoms with Crippen LogP contribution in [0.25, 0.3) is 10.9 Å². The van der Waals surface area contributed by atoms with Crippen LogP contribution >= 0.6 is 22.6 Å². The second-order valence-corrected chi connectivity index (χ2v) is 9.80. The number of esters is 1. The first-order valence-electron chi connectivity index (χ1n) is 9.94. The number of hydrogen-bond donors (Lipinski definition) is 0. The van der Waals surface area contributed by atoms with Gasteiger partial charge in [0.25, 0.3) is 6.43 Å². The zero-order valence-corrected chi connectivity index (χ0v) is 19.1. The summed E-state index contributed by atoms with van der Waals surface area (Å²) in [4.78, 5) is 25.1. The lowest BCUT2D eigenvalue weighted by atomic mass is 9.75. The van der Waals surface area contributed by atoms with Crippen molar-refractivity contribution in [3.8, 4) is 0 Å². The molecule has 29 heavy (non-hydrogen) atoms. The van der Waals surface area contributed by atoms with E-state index >= 15 is 0 Å². The highest BCUT2D eigenvalue weighted by Gasteiger charge is 2.30. The van der Waals surface area contributed by atoms with Gasteiger partial charge >= 0.3 is 5.97 Å². The van der Waals surface area contributed by atoms with Crippen LogP contribution in [-0.4, -0.2) is 26.5 Å². The first-order valence-corrected chi connectivity index (χ1v) is 11.0. The molecule has 1 aliphatic rings. The van der Waals surface area contributed by atoms with Crippen molar-refractivity contribution in [2.45, 2.75) is 71.3 Å². The Labute approximate surface area is 183 Å². The molecule has 2 atom stereocenters. The smallest absolute Gasteiger partial charge is 0.306 e. The van der Waals surface area contributed by atoms with Gasteiger partial charge in [0.1, 0.15) is 17.1 Å². The molecule has 2 aromatic heterocycles. The first kappa shape index (κ1) is 22.2. The molecule has 1 saturated carbocycles. The predicted molar refractivity (Wildman–Crippen MR) is 115 cm³/mol. The minimum Gasteiger partial charge on any atom is -0.460 e. The second-order valence-electron chi connectivity index (χ2n) is 8.64. The third kappa shape index (κ3) is 5.79. The highest BCUT2D eigenvalue weighted by Crippen LogP contribution is 2.35. The number of ether oxygens (including phenoxy) is 1. The van der Waals surface area contributed by atoms with Gasteiger partial charge in [0.05, 0.1) is 9.09 Å². The van der Waals surface area contributed by atoms with E-state index in [1.165, 1.54) is 12.4 Å². The molecule has 2 heterocycles. The van der Waals surface area contributed by atoms with Crippen molar-refractivity contribution >= 4 is 39.5 Å². The summed E-state index contributed by atoms with van der Waals surface area (Å²) in [5.74, 6) is 0.966. The molecule has 1 fully saturated rings. The van der Waals surface area contributed by atoms with Gasteiger partial charge in [0.15, 0.2) is 0 Å². The highest BCUT2D eigenvalue weighted by atomic mass is 127. The quantitative estimate of drug-likeness (QED) is 0.379. The number of halogens is 3. The van der Waals surface area contributed by atoms with E-state index < -0.39 is 12.0 Å². The van der Waals surface area contributed by atoms with Crippen LogP contribution in [-0.2, 0) is 16.0 Å². The maximum absolute atomic E-state index is 13.2. The standard InChI is InChI=1S/C21H26F2IN3O2/c1-21(2,3)29-17(28)9-13-7-5-4-6-12(13)8-16-25-10-14-18(27-16)15(24)11-26-19(14)20(22)23/h10-13,20H,4-9H2,1-3H3/t12-,13+/m0/s1. The average Bonchev–Trinajstić information content (AvgIpc) is 2.62. The Morgan fingerprint density at radius 1 is 1.21 bits per heavy atom. The molecule has 0 unspecified atom stereocenters. The van der Waals surface area contributed by atoms with Crippen LogP contribution in [0.2, 0.25) is 0 Å². The molecule has 0 N–H and O–H groups in total. The number of rotatable bonds is 5. The lowest BCUT2D eigenvalue weighted by molar-refractivity contribution is -0.156. The minimum atomic E-state index is -2.67. The second kappa shape index (κ2) is 9.14. The monoisotopic (exact) mass is 517 g/mol. The van der Waals surface area contributed by atoms with Crippen LogP contribution in [0, 0.1) is 15.4 Å². The number of aromatic nitrogens is 3. The van der Waals surface area contributed by atoms with Gasteiger partial charge in [-0.1, -0.05) is 12.8 Å². The Balaban J connectivity index is 1.79. The van der Waals surface area contributed by atoms with Gasteiger partial charge in [0.2, 0.25) is 0 Å². The Bertz CT molecular complexity index is 886. The van der Waals surface area contributed by atoms with Crippen LogP contribution in [0.3, 0.4) is 0 Å². The summed E-state index contributed by atoms with van der Waals surface area (Å²) in [6, 6.07) is 0. The maximum atomic E-state index is 13.2. The molecular formula is C21H26F2IN3O2. The molecule has 0 amide bonds. The molecule has 2 aromatic rings. The van der Waals surface area contributed by atoms with Gasteiger partial charge < -0.3 is 4.74 Å². The fraction of sp³-hybridized carbons (Fsp3) is 0.619. The van der Waals surface area contributed by atoms with Crippen molar-refractivity contribution in [1.29, 1.82) is 0 Å². The SMILES string of the molecule is CC(C)(C)OC(=O)C[C@H]1CCCC[C@H]1Cc1ncc2c(C(F)F)ncc(I)c2n1. The molecular weight excluding hydrogens is 491 g/mol. The van der Waals surface area contributed by atoms with Crippen molar-refractivity contribution in [1.82, 2.24) is 15.0 Å². The van der Waals surface area contributed by atoms with Gasteiger partial charge in [-0.05, 0) is 68.0 Å².